The summed E-state index contributed by atoms with van der Waals surface area (Å²) in [4.78, 5) is 24.3. The van der Waals surface area contributed by atoms with E-state index in [2.05, 4.69) is 4.72 Å². The molecule has 7 heteroatoms. The van der Waals surface area contributed by atoms with Gasteiger partial charge in [-0.2, -0.15) is 0 Å². The smallest absolute Gasteiger partial charge is 0.338 e. The predicted molar refractivity (Wildman–Crippen MR) is 102 cm³/mol. The van der Waals surface area contributed by atoms with Crippen LogP contribution in [0.3, 0.4) is 0 Å². The number of aryl methyl sites for hydroxylation is 1. The van der Waals surface area contributed by atoms with Crippen LogP contribution in [-0.2, 0) is 21.2 Å². The van der Waals surface area contributed by atoms with Crippen LogP contribution in [0, 0.1) is 0 Å². The summed E-state index contributed by atoms with van der Waals surface area (Å²) in [5.74, 6) is -1.07. The van der Waals surface area contributed by atoms with Crippen molar-refractivity contribution >= 4 is 21.8 Å². The van der Waals surface area contributed by atoms with E-state index in [0.717, 1.165) is 12.0 Å². The number of nitrogens with one attached hydrogen (secondary N) is 1. The molecule has 0 saturated carbocycles. The number of carbonyl (C=O) groups excluding carboxylic acids is 2. The Morgan fingerprint density at radius 1 is 1.00 bits per heavy atom. The Morgan fingerprint density at radius 2 is 1.70 bits per heavy atom. The Bertz CT molecular complexity index is 904. The van der Waals surface area contributed by atoms with Crippen molar-refractivity contribution in [1.82, 2.24) is 4.72 Å². The highest BCUT2D eigenvalue weighted by molar-refractivity contribution is 7.89. The first-order valence-electron chi connectivity index (χ1n) is 8.76. The van der Waals surface area contributed by atoms with E-state index in [-0.39, 0.29) is 16.2 Å². The summed E-state index contributed by atoms with van der Waals surface area (Å²) in [7, 11) is -3.68. The van der Waals surface area contributed by atoms with Crippen molar-refractivity contribution in [2.45, 2.75) is 31.6 Å². The molecule has 0 fully saturated rings. The monoisotopic (exact) mass is 389 g/mol. The molecule has 0 aliphatic heterocycles. The van der Waals surface area contributed by atoms with Gasteiger partial charge in [-0.3, -0.25) is 4.79 Å². The first kappa shape index (κ1) is 20.8. The fourth-order valence-electron chi connectivity index (χ4n) is 2.33. The van der Waals surface area contributed by atoms with Crippen molar-refractivity contribution in [2.75, 3.05) is 13.2 Å². The summed E-state index contributed by atoms with van der Waals surface area (Å²) in [6, 6.07) is 12.6. The number of sulfonamides is 1. The highest BCUT2D eigenvalue weighted by Crippen LogP contribution is 2.13. The van der Waals surface area contributed by atoms with E-state index in [1.807, 2.05) is 26.0 Å². The third-order valence-corrected chi connectivity index (χ3v) is 5.40. The lowest BCUT2D eigenvalue weighted by Crippen LogP contribution is -2.24. The fourth-order valence-corrected chi connectivity index (χ4v) is 3.51. The number of Topliss-reactive ketones (excluding diaryl/α,β-unsaturated/α-hetero) is 1. The third kappa shape index (κ3) is 5.74. The summed E-state index contributed by atoms with van der Waals surface area (Å²) in [6.07, 6.45) is 1.53. The first-order chi connectivity index (χ1) is 12.9. The minimum Gasteiger partial charge on any atom is -0.454 e. The van der Waals surface area contributed by atoms with Crippen molar-refractivity contribution < 1.29 is 22.7 Å². The summed E-state index contributed by atoms with van der Waals surface area (Å²) < 4.78 is 31.8. The zero-order valence-electron chi connectivity index (χ0n) is 15.4. The molecule has 0 aromatic heterocycles. The van der Waals surface area contributed by atoms with Gasteiger partial charge in [0.2, 0.25) is 10.0 Å². The van der Waals surface area contributed by atoms with Gasteiger partial charge in [0.05, 0.1) is 10.5 Å². The van der Waals surface area contributed by atoms with Gasteiger partial charge in [-0.05, 0) is 36.6 Å². The van der Waals surface area contributed by atoms with Crippen LogP contribution < -0.4 is 4.72 Å². The molecule has 6 nitrogen and oxygen atoms in total. The molecule has 2 aromatic carbocycles. The molecule has 0 amide bonds. The van der Waals surface area contributed by atoms with Gasteiger partial charge in [-0.15, -0.1) is 0 Å². The van der Waals surface area contributed by atoms with Crippen molar-refractivity contribution in [3.8, 4) is 0 Å². The van der Waals surface area contributed by atoms with Crippen LogP contribution in [0.15, 0.2) is 53.4 Å². The number of hydrogen-bond acceptors (Lipinski definition) is 5. The number of ether oxygens (including phenoxy) is 1. The molecular formula is C20H23NO5S. The van der Waals surface area contributed by atoms with Crippen LogP contribution in [0.1, 0.15) is 46.5 Å². The molecule has 2 rings (SSSR count). The van der Waals surface area contributed by atoms with Crippen molar-refractivity contribution in [1.29, 1.82) is 0 Å². The van der Waals surface area contributed by atoms with Gasteiger partial charge >= 0.3 is 5.97 Å². The second kappa shape index (κ2) is 9.43. The van der Waals surface area contributed by atoms with E-state index in [9.17, 15) is 18.0 Å². The van der Waals surface area contributed by atoms with E-state index in [0.29, 0.717) is 18.5 Å². The third-order valence-electron chi connectivity index (χ3n) is 3.94. The molecule has 2 aromatic rings. The maximum Gasteiger partial charge on any atom is 0.338 e. The maximum atomic E-state index is 12.2. The van der Waals surface area contributed by atoms with Crippen LogP contribution in [0.4, 0.5) is 0 Å². The molecular weight excluding hydrogens is 366 g/mol. The minimum atomic E-state index is -3.68. The number of rotatable bonds is 9. The van der Waals surface area contributed by atoms with Gasteiger partial charge in [0.25, 0.3) is 0 Å². The lowest BCUT2D eigenvalue weighted by Gasteiger charge is -2.08. The molecule has 0 bridgehead atoms. The van der Waals surface area contributed by atoms with Crippen molar-refractivity contribution in [3.05, 3.63) is 65.2 Å². The van der Waals surface area contributed by atoms with E-state index in [1.165, 1.54) is 24.3 Å². The number of benzene rings is 2. The Morgan fingerprint density at radius 3 is 2.33 bits per heavy atom. The normalized spacial score (nSPS) is 11.2. The average molecular weight is 389 g/mol. The van der Waals surface area contributed by atoms with Crippen LogP contribution in [-0.4, -0.2) is 33.3 Å². The summed E-state index contributed by atoms with van der Waals surface area (Å²) >= 11 is 0. The molecule has 0 saturated heterocycles. The van der Waals surface area contributed by atoms with Crippen LogP contribution in [0.25, 0.3) is 0 Å². The van der Waals surface area contributed by atoms with Gasteiger partial charge in [0, 0.05) is 12.1 Å². The Kier molecular flexibility index (Phi) is 7.27. The van der Waals surface area contributed by atoms with Crippen molar-refractivity contribution in [2.24, 2.45) is 0 Å². The van der Waals surface area contributed by atoms with Gasteiger partial charge in [-0.25, -0.2) is 17.9 Å². The average Bonchev–Trinajstić information content (AvgIpc) is 2.70. The Hall–Kier alpha value is -2.51. The van der Waals surface area contributed by atoms with E-state index in [4.69, 9.17) is 4.74 Å². The maximum absolute atomic E-state index is 12.2. The van der Waals surface area contributed by atoms with Gasteiger partial charge in [0.15, 0.2) is 12.4 Å². The lowest BCUT2D eigenvalue weighted by atomic mass is 10.1. The molecule has 1 N–H and O–H groups in total. The van der Waals surface area contributed by atoms with Crippen LogP contribution >= 0.6 is 0 Å². The number of esters is 1. The second-order valence-corrected chi connectivity index (χ2v) is 7.74. The summed E-state index contributed by atoms with van der Waals surface area (Å²) in [5.41, 5.74) is 1.64. The lowest BCUT2D eigenvalue weighted by molar-refractivity contribution is 0.0474. The summed E-state index contributed by atoms with van der Waals surface area (Å²) in [6.45, 7) is 3.77. The largest absolute Gasteiger partial charge is 0.454 e. The molecule has 0 unspecified atom stereocenters. The standard InChI is InChI=1S/C20H23NO5S/c1-3-12-21-27(24,25)18-7-5-6-17(13-18)20(23)26-14-19(22)16-10-8-15(4-2)9-11-16/h5-11,13,21H,3-4,12,14H2,1-2H3. The molecule has 144 valence electrons. The minimum absolute atomic E-state index is 0.0214. The molecule has 0 spiro atoms. The van der Waals surface area contributed by atoms with Crippen LogP contribution in [0.5, 0.6) is 0 Å². The predicted octanol–water partition coefficient (Wildman–Crippen LogP) is 2.98. The van der Waals surface area contributed by atoms with Gasteiger partial charge in [-0.1, -0.05) is 44.2 Å². The first-order valence-corrected chi connectivity index (χ1v) is 10.2. The SMILES string of the molecule is CCCNS(=O)(=O)c1cccc(C(=O)OCC(=O)c2ccc(CC)cc2)c1. The van der Waals surface area contributed by atoms with E-state index < -0.39 is 22.6 Å². The van der Waals surface area contributed by atoms with Gasteiger partial charge in [0.1, 0.15) is 0 Å². The molecule has 0 radical (unpaired) electrons. The number of carbonyl (C=O) groups is 2. The molecule has 0 aliphatic rings. The van der Waals surface area contributed by atoms with Crippen molar-refractivity contribution in [3.63, 3.8) is 0 Å². The van der Waals surface area contributed by atoms with Gasteiger partial charge < -0.3 is 4.74 Å². The quantitative estimate of drug-likeness (QED) is 0.526. The Labute approximate surface area is 159 Å². The molecule has 0 aliphatic carbocycles. The Balaban J connectivity index is 2.03. The summed E-state index contributed by atoms with van der Waals surface area (Å²) in [5, 5.41) is 0. The van der Waals surface area contributed by atoms with Crippen LogP contribution in [0.2, 0.25) is 0 Å². The molecule has 0 atom stereocenters. The highest BCUT2D eigenvalue weighted by atomic mass is 32.2. The molecule has 27 heavy (non-hydrogen) atoms. The zero-order valence-corrected chi connectivity index (χ0v) is 16.2. The van der Waals surface area contributed by atoms with E-state index in [1.54, 1.807) is 12.1 Å². The second-order valence-electron chi connectivity index (χ2n) is 5.98. The fraction of sp³-hybridized carbons (Fsp3) is 0.300. The topological polar surface area (TPSA) is 89.5 Å². The molecule has 0 heterocycles. The highest BCUT2D eigenvalue weighted by Gasteiger charge is 2.17. The number of hydrogen-bond donors (Lipinski definition) is 1. The zero-order chi connectivity index (χ0) is 19.9. The number of ketones is 1. The van der Waals surface area contributed by atoms with E-state index >= 15 is 0 Å².